The highest BCUT2D eigenvalue weighted by Crippen LogP contribution is 2.44. The van der Waals surface area contributed by atoms with Gasteiger partial charge in [0.05, 0.1) is 10.5 Å². The molecule has 16 heteroatoms. The van der Waals surface area contributed by atoms with Crippen LogP contribution in [0.2, 0.25) is 5.02 Å². The van der Waals surface area contributed by atoms with E-state index in [0.29, 0.717) is 17.7 Å². The predicted octanol–water partition coefficient (Wildman–Crippen LogP) is 8.58. The number of nitro benzene ring substituents is 1. The zero-order valence-corrected chi connectivity index (χ0v) is 39.4. The van der Waals surface area contributed by atoms with Crippen LogP contribution in [-0.4, -0.2) is 111 Å². The molecule has 0 spiro atoms. The number of allylic oxidation sites excluding steroid dienone is 1. The lowest BCUT2D eigenvalue weighted by atomic mass is 9.72. The number of H-pyrrole nitrogens is 1. The van der Waals surface area contributed by atoms with Crippen LogP contribution in [-0.2, 0) is 16.4 Å². The molecule has 1 aliphatic carbocycles. The van der Waals surface area contributed by atoms with Crippen LogP contribution in [0.3, 0.4) is 0 Å². The van der Waals surface area contributed by atoms with Gasteiger partial charge in [-0.1, -0.05) is 49.2 Å². The number of halogens is 1. The van der Waals surface area contributed by atoms with Gasteiger partial charge in [-0.3, -0.25) is 19.8 Å². The minimum absolute atomic E-state index is 0.0353. The summed E-state index contributed by atoms with van der Waals surface area (Å²) in [5.74, 6) is -0.369. The first-order valence-electron chi connectivity index (χ1n) is 22.2. The van der Waals surface area contributed by atoms with Crippen molar-refractivity contribution in [3.05, 3.63) is 122 Å². The summed E-state index contributed by atoms with van der Waals surface area (Å²) < 4.78 is 36.6. The molecule has 2 fully saturated rings. The average molecular weight is 924 g/mol. The number of amides is 1. The van der Waals surface area contributed by atoms with Crippen LogP contribution >= 0.6 is 11.6 Å². The molecule has 344 valence electrons. The topological polar surface area (TPSA) is 170 Å². The van der Waals surface area contributed by atoms with E-state index in [9.17, 15) is 23.3 Å². The van der Waals surface area contributed by atoms with Crippen LogP contribution in [0.1, 0.15) is 67.4 Å². The SMILES string of the molecule is CN1CCC(Cc2ccc(S(=O)(=O)NC(=O)c3ccc(N4CCN(CC5=C(c6ccc(Cl)cc6)CC(C)(C)CC5)CC4)cc3Oc3ccc4[nH]ccc4c3)c(N)c2[N+](=O)[O-])(N(C)C)CC1. The van der Waals surface area contributed by atoms with E-state index in [-0.39, 0.29) is 22.3 Å². The van der Waals surface area contributed by atoms with Crippen molar-refractivity contribution in [2.24, 2.45) is 5.41 Å². The standard InChI is InChI=1S/C49H59ClN8O6S/c1-48(2)18-16-36(41(31-48)33-6-9-37(50)10-7-33)32-56-24-26-57(27-25-56)38-11-13-40(43(29-38)64-39-12-14-42-34(28-39)17-21-52-42)47(59)53-65(62,63)44-15-8-35(46(45(44)51)58(60)61)30-49(54(3)4)19-22-55(5)23-20-49/h6-15,17,21,28-29,52H,16,18-20,22-27,30-32,51H2,1-5H3,(H,53,59). The number of hydrogen-bond acceptors (Lipinski definition) is 11. The molecular formula is C49H59ClN8O6S. The zero-order valence-electron chi connectivity index (χ0n) is 37.8. The quantitative estimate of drug-likeness (QED) is 0.0587. The van der Waals surface area contributed by atoms with Gasteiger partial charge in [0.1, 0.15) is 22.1 Å². The number of carbonyl (C=O) groups is 1. The Balaban J connectivity index is 1.04. The molecule has 1 aromatic heterocycles. The number of carbonyl (C=O) groups excluding carboxylic acids is 1. The number of sulfonamides is 1. The van der Waals surface area contributed by atoms with Crippen molar-refractivity contribution >= 4 is 61.1 Å². The molecule has 2 saturated heterocycles. The number of likely N-dealkylation sites (tertiary alicyclic amines) is 1. The molecule has 3 heterocycles. The number of piperazine rings is 1. The van der Waals surface area contributed by atoms with Crippen LogP contribution in [0.5, 0.6) is 11.5 Å². The van der Waals surface area contributed by atoms with Crippen molar-refractivity contribution < 1.29 is 22.9 Å². The smallest absolute Gasteiger partial charge is 0.296 e. The summed E-state index contributed by atoms with van der Waals surface area (Å²) in [4.78, 5) is 37.7. The zero-order chi connectivity index (χ0) is 46.3. The largest absolute Gasteiger partial charge is 0.456 e. The first-order valence-corrected chi connectivity index (χ1v) is 24.1. The number of piperidine rings is 1. The fourth-order valence-corrected chi connectivity index (χ4v) is 11.0. The van der Waals surface area contributed by atoms with Crippen molar-refractivity contribution in [3.8, 4) is 11.5 Å². The van der Waals surface area contributed by atoms with Crippen LogP contribution in [0, 0.1) is 15.5 Å². The first-order chi connectivity index (χ1) is 30.9. The number of benzene rings is 4. The van der Waals surface area contributed by atoms with E-state index in [1.807, 2.05) is 57.7 Å². The Bertz CT molecular complexity index is 2740. The number of anilines is 2. The summed E-state index contributed by atoms with van der Waals surface area (Å²) in [5.41, 5.74) is 11.4. The molecule has 2 aliphatic heterocycles. The monoisotopic (exact) mass is 922 g/mol. The summed E-state index contributed by atoms with van der Waals surface area (Å²) in [6, 6.07) is 23.4. The first kappa shape index (κ1) is 46.1. The molecule has 0 bridgehead atoms. The van der Waals surface area contributed by atoms with E-state index < -0.39 is 37.1 Å². The molecule has 4 aromatic carbocycles. The molecule has 14 nitrogen and oxygen atoms in total. The van der Waals surface area contributed by atoms with Crippen molar-refractivity contribution in [1.82, 2.24) is 24.4 Å². The van der Waals surface area contributed by atoms with Gasteiger partial charge in [-0.05, 0) is 144 Å². The molecule has 0 atom stereocenters. The summed E-state index contributed by atoms with van der Waals surface area (Å²) in [7, 11) is 1.24. The van der Waals surface area contributed by atoms with E-state index in [1.165, 1.54) is 28.8 Å². The van der Waals surface area contributed by atoms with Gasteiger partial charge in [0.2, 0.25) is 0 Å². The molecule has 4 N–H and O–H groups in total. The van der Waals surface area contributed by atoms with Crippen LogP contribution in [0.4, 0.5) is 17.1 Å². The second-order valence-electron chi connectivity index (χ2n) is 19.0. The van der Waals surface area contributed by atoms with Gasteiger partial charge >= 0.3 is 0 Å². The van der Waals surface area contributed by atoms with Gasteiger partial charge in [-0.2, -0.15) is 0 Å². The third kappa shape index (κ3) is 10.0. The maximum atomic E-state index is 14.1. The highest BCUT2D eigenvalue weighted by atomic mass is 35.5. The molecule has 3 aliphatic rings. The number of aromatic nitrogens is 1. The van der Waals surface area contributed by atoms with Crippen LogP contribution < -0.4 is 20.1 Å². The fourth-order valence-electron chi connectivity index (χ4n) is 9.73. The highest BCUT2D eigenvalue weighted by molar-refractivity contribution is 7.90. The predicted molar refractivity (Wildman–Crippen MR) is 258 cm³/mol. The van der Waals surface area contributed by atoms with Gasteiger partial charge in [-0.25, -0.2) is 13.1 Å². The summed E-state index contributed by atoms with van der Waals surface area (Å²) in [6.45, 7) is 10.3. The fraction of sp³-hybridized carbons (Fsp3) is 0.408. The van der Waals surface area contributed by atoms with Crippen molar-refractivity contribution in [2.45, 2.75) is 62.8 Å². The number of rotatable bonds is 13. The summed E-state index contributed by atoms with van der Waals surface area (Å²) in [6.07, 6.45) is 6.86. The molecule has 0 radical (unpaired) electrons. The van der Waals surface area contributed by atoms with E-state index in [4.69, 9.17) is 22.1 Å². The third-order valence-electron chi connectivity index (χ3n) is 13.8. The number of nitrogens with two attached hydrogens (primary N) is 1. The second kappa shape index (κ2) is 18.4. The number of aromatic amines is 1. The van der Waals surface area contributed by atoms with Crippen molar-refractivity contribution in [1.29, 1.82) is 0 Å². The lowest BCUT2D eigenvalue weighted by molar-refractivity contribution is -0.384. The maximum Gasteiger partial charge on any atom is 0.296 e. The Kier molecular flexibility index (Phi) is 13.1. The third-order valence-corrected chi connectivity index (χ3v) is 15.5. The number of fused-ring (bicyclic) bond motifs is 1. The molecule has 0 unspecified atom stereocenters. The minimum atomic E-state index is -4.70. The maximum absolute atomic E-state index is 14.1. The Morgan fingerprint density at radius 2 is 1.68 bits per heavy atom. The van der Waals surface area contributed by atoms with Crippen molar-refractivity contribution in [2.75, 3.05) is 77.6 Å². The lowest BCUT2D eigenvalue weighted by Crippen LogP contribution is -2.53. The lowest BCUT2D eigenvalue weighted by Gasteiger charge is -2.45. The molecule has 1 amide bonds. The van der Waals surface area contributed by atoms with Crippen LogP contribution in [0.25, 0.3) is 16.5 Å². The van der Waals surface area contributed by atoms with Gasteiger partial charge < -0.3 is 30.2 Å². The molecule has 5 aromatic rings. The summed E-state index contributed by atoms with van der Waals surface area (Å²) >= 11 is 6.25. The van der Waals surface area contributed by atoms with Gasteiger partial charge in [0.25, 0.3) is 21.6 Å². The highest BCUT2D eigenvalue weighted by Gasteiger charge is 2.39. The molecule has 65 heavy (non-hydrogen) atoms. The van der Waals surface area contributed by atoms with E-state index >= 15 is 0 Å². The minimum Gasteiger partial charge on any atom is -0.456 e. The normalized spacial score (nSPS) is 18.3. The number of hydrogen-bond donors (Lipinski definition) is 3. The van der Waals surface area contributed by atoms with Gasteiger partial charge in [0, 0.05) is 77.7 Å². The number of nitrogens with one attached hydrogen (secondary N) is 2. The van der Waals surface area contributed by atoms with Gasteiger partial charge in [-0.15, -0.1) is 0 Å². The van der Waals surface area contributed by atoms with Crippen LogP contribution in [0.15, 0.2) is 95.5 Å². The van der Waals surface area contributed by atoms with Crippen molar-refractivity contribution in [3.63, 3.8) is 0 Å². The van der Waals surface area contributed by atoms with E-state index in [1.54, 1.807) is 24.3 Å². The number of likely N-dealkylation sites (N-methyl/N-ethyl adjacent to an activating group) is 1. The molecule has 8 rings (SSSR count). The number of nitrogens with zero attached hydrogens (tertiary/aromatic N) is 5. The number of nitro groups is 1. The number of nitrogen functional groups attached to an aromatic ring is 1. The van der Waals surface area contributed by atoms with E-state index in [0.717, 1.165) is 99.5 Å². The Hall–Kier alpha value is -5.45. The average Bonchev–Trinajstić information content (AvgIpc) is 3.73. The van der Waals surface area contributed by atoms with Gasteiger partial charge in [0.15, 0.2) is 0 Å². The summed E-state index contributed by atoms with van der Waals surface area (Å²) in [5, 5.41) is 14.2. The Labute approximate surface area is 386 Å². The Morgan fingerprint density at radius 3 is 2.37 bits per heavy atom. The Morgan fingerprint density at radius 1 is 0.954 bits per heavy atom. The van der Waals surface area contributed by atoms with E-state index in [2.05, 4.69) is 55.3 Å². The number of ether oxygens (including phenoxy) is 1. The molecule has 0 saturated carbocycles. The second-order valence-corrected chi connectivity index (χ2v) is 21.1. The molecular weight excluding hydrogens is 864 g/mol.